The van der Waals surface area contributed by atoms with E-state index >= 15 is 0 Å². The molecule has 1 aliphatic rings. The predicted molar refractivity (Wildman–Crippen MR) is 37.0 cm³/mol. The molecule has 0 spiro atoms. The first-order valence-corrected chi connectivity index (χ1v) is 3.84. The molecule has 0 saturated carbocycles. The molecule has 0 radical (unpaired) electrons. The monoisotopic (exact) mass is 193 g/mol. The second-order valence-corrected chi connectivity index (χ2v) is 3.30. The minimum absolute atomic E-state index is 0. The fourth-order valence-corrected chi connectivity index (χ4v) is 1.30. The van der Waals surface area contributed by atoms with Gasteiger partial charge in [0.25, 0.3) is 0 Å². The fourth-order valence-electron chi connectivity index (χ4n) is 0.433. The van der Waals surface area contributed by atoms with E-state index in [2.05, 4.69) is 17.3 Å². The summed E-state index contributed by atoms with van der Waals surface area (Å²) >= 11 is 0. The summed E-state index contributed by atoms with van der Waals surface area (Å²) in [4.78, 5) is 3.94. The van der Waals surface area contributed by atoms with Gasteiger partial charge in [0.15, 0.2) is 12.1 Å². The topological polar surface area (TPSA) is 12.4 Å². The summed E-state index contributed by atoms with van der Waals surface area (Å²) in [5.41, 5.74) is 0. The van der Waals surface area contributed by atoms with Gasteiger partial charge in [-0.05, 0) is 10.5 Å². The van der Waals surface area contributed by atoms with Crippen molar-refractivity contribution in [2.24, 2.45) is 4.99 Å². The number of halogens is 1. The average Bonchev–Trinajstić information content (AvgIpc) is 2.14. The first-order chi connectivity index (χ1) is 3.43. The van der Waals surface area contributed by atoms with E-state index in [-0.39, 0.29) is 17.0 Å². The Morgan fingerprint density at radius 3 is 2.75 bits per heavy atom. The molecule has 1 nitrogen and oxygen atoms in total. The maximum atomic E-state index is 3.94. The molecule has 0 amide bonds. The molecule has 0 aromatic carbocycles. The van der Waals surface area contributed by atoms with Crippen LogP contribution in [0, 0.1) is 5.88 Å². The summed E-state index contributed by atoms with van der Waals surface area (Å²) in [6, 6.07) is 0. The lowest BCUT2D eigenvalue weighted by Gasteiger charge is -1.81. The normalized spacial score (nSPS) is 23.4. The van der Waals surface area contributed by atoms with Gasteiger partial charge in [0.1, 0.15) is 0 Å². The third kappa shape index (κ3) is 2.01. The van der Waals surface area contributed by atoms with Crippen molar-refractivity contribution < 1.29 is 17.0 Å². The summed E-state index contributed by atoms with van der Waals surface area (Å²) in [5.74, 6) is 3.21. The Kier molecular flexibility index (Phi) is 4.28. The van der Waals surface area contributed by atoms with Crippen molar-refractivity contribution in [3.8, 4) is 0 Å². The lowest BCUT2D eigenvalue weighted by Crippen LogP contribution is -3.00. The van der Waals surface area contributed by atoms with Crippen LogP contribution in [-0.4, -0.2) is 17.3 Å². The number of hydrogen-bond acceptors (Lipinski definition) is 1. The lowest BCUT2D eigenvalue weighted by molar-refractivity contribution is -0.00000138. The lowest BCUT2D eigenvalue weighted by atomic mass is 10.9. The summed E-state index contributed by atoms with van der Waals surface area (Å²) in [6.07, 6.45) is 1.87. The van der Waals surface area contributed by atoms with Crippen molar-refractivity contribution in [2.75, 3.05) is 5.75 Å². The van der Waals surface area contributed by atoms with Crippen molar-refractivity contribution >= 4 is 22.1 Å². The Morgan fingerprint density at radius 1 is 1.75 bits per heavy atom. The number of nitrogens with zero attached hydrogens (tertiary/aromatic N) is 1. The van der Waals surface area contributed by atoms with Gasteiger partial charge in [-0.25, -0.2) is 0 Å². The van der Waals surface area contributed by atoms with E-state index in [0.29, 0.717) is 10.5 Å². The smallest absolute Gasteiger partial charge is 0.192 e. The van der Waals surface area contributed by atoms with Gasteiger partial charge in [-0.2, -0.15) is 0 Å². The molecule has 0 bridgehead atoms. The zero-order valence-electron chi connectivity index (χ0n) is 4.67. The fraction of sp³-hybridized carbons (Fsp3) is 0.400. The first kappa shape index (κ1) is 8.24. The maximum Gasteiger partial charge on any atom is 0.192 e. The van der Waals surface area contributed by atoms with Gasteiger partial charge >= 0.3 is 0 Å². The van der Waals surface area contributed by atoms with E-state index in [0.717, 1.165) is 0 Å². The van der Waals surface area contributed by atoms with Gasteiger partial charge in [-0.15, -0.1) is 0 Å². The largest absolute Gasteiger partial charge is 1.00 e. The van der Waals surface area contributed by atoms with Crippen LogP contribution in [0.4, 0.5) is 0 Å². The van der Waals surface area contributed by atoms with E-state index in [1.54, 1.807) is 0 Å². The van der Waals surface area contributed by atoms with Crippen LogP contribution < -0.4 is 17.0 Å². The molecular formula is C5H8BrNS. The molecule has 46 valence electrons. The summed E-state index contributed by atoms with van der Waals surface area (Å²) < 4.78 is 0. The van der Waals surface area contributed by atoms with Gasteiger partial charge in [-0.3, -0.25) is 0 Å². The highest BCUT2D eigenvalue weighted by Gasteiger charge is 2.02. The van der Waals surface area contributed by atoms with Crippen LogP contribution in [0.1, 0.15) is 6.92 Å². The SMILES string of the molecule is CCS1=CC=N[CH+]1.[Br-]. The van der Waals surface area contributed by atoms with E-state index in [1.807, 2.05) is 12.1 Å². The minimum Gasteiger partial charge on any atom is -1.00 e. The highest BCUT2D eigenvalue weighted by atomic mass is 79.9. The van der Waals surface area contributed by atoms with E-state index in [4.69, 9.17) is 0 Å². The third-order valence-corrected chi connectivity index (χ3v) is 2.38. The Bertz CT molecular complexity index is 120. The van der Waals surface area contributed by atoms with Crippen LogP contribution in [0.2, 0.25) is 0 Å². The van der Waals surface area contributed by atoms with E-state index in [1.165, 1.54) is 5.75 Å². The average molecular weight is 194 g/mol. The highest BCUT2D eigenvalue weighted by molar-refractivity contribution is 8.17. The second-order valence-electron chi connectivity index (χ2n) is 1.30. The Morgan fingerprint density at radius 2 is 2.50 bits per heavy atom. The molecule has 0 aromatic rings. The quantitative estimate of drug-likeness (QED) is 0.348. The van der Waals surface area contributed by atoms with Crippen molar-refractivity contribution in [1.29, 1.82) is 0 Å². The van der Waals surface area contributed by atoms with Gasteiger partial charge in [0.2, 0.25) is 0 Å². The van der Waals surface area contributed by atoms with Crippen LogP contribution in [0.3, 0.4) is 0 Å². The molecule has 1 rings (SSSR count). The van der Waals surface area contributed by atoms with Crippen LogP contribution in [0.15, 0.2) is 4.99 Å². The van der Waals surface area contributed by atoms with Crippen LogP contribution in [0.25, 0.3) is 0 Å². The van der Waals surface area contributed by atoms with Gasteiger partial charge in [0.05, 0.1) is 5.37 Å². The Labute approximate surface area is 62.9 Å². The zero-order valence-corrected chi connectivity index (χ0v) is 7.08. The van der Waals surface area contributed by atoms with Crippen molar-refractivity contribution in [3.63, 3.8) is 0 Å². The third-order valence-electron chi connectivity index (χ3n) is 0.851. The summed E-state index contributed by atoms with van der Waals surface area (Å²) in [6.45, 7) is 2.17. The van der Waals surface area contributed by atoms with Crippen molar-refractivity contribution in [2.45, 2.75) is 6.92 Å². The second kappa shape index (κ2) is 4.15. The summed E-state index contributed by atoms with van der Waals surface area (Å²) in [7, 11) is 0.394. The predicted octanol–water partition coefficient (Wildman–Crippen LogP) is -1.71. The molecule has 1 aliphatic heterocycles. The zero-order chi connectivity index (χ0) is 5.11. The number of hydrogen-bond donors (Lipinski definition) is 0. The summed E-state index contributed by atoms with van der Waals surface area (Å²) in [5, 5.41) is 2.14. The first-order valence-electron chi connectivity index (χ1n) is 2.32. The van der Waals surface area contributed by atoms with Gasteiger partial charge < -0.3 is 17.0 Å². The molecule has 0 fully saturated rings. The van der Waals surface area contributed by atoms with E-state index < -0.39 is 0 Å². The number of rotatable bonds is 1. The van der Waals surface area contributed by atoms with Crippen LogP contribution >= 0.6 is 10.5 Å². The molecule has 1 heterocycles. The molecule has 1 unspecified atom stereocenters. The van der Waals surface area contributed by atoms with E-state index in [9.17, 15) is 0 Å². The Hall–Kier alpha value is 0.240. The van der Waals surface area contributed by atoms with Crippen LogP contribution in [-0.2, 0) is 0 Å². The molecule has 3 heteroatoms. The highest BCUT2D eigenvalue weighted by Crippen LogP contribution is 2.17. The molecule has 0 N–H and O–H groups in total. The molecule has 0 aromatic heterocycles. The van der Waals surface area contributed by atoms with Gasteiger partial charge in [0, 0.05) is 5.75 Å². The Balaban J connectivity index is 0.000000490. The molecule has 1 atom stereocenters. The molecule has 0 aliphatic carbocycles. The molecule has 8 heavy (non-hydrogen) atoms. The maximum absolute atomic E-state index is 3.94. The van der Waals surface area contributed by atoms with Crippen molar-refractivity contribution in [3.05, 3.63) is 5.88 Å². The van der Waals surface area contributed by atoms with Gasteiger partial charge in [-0.1, -0.05) is 11.9 Å². The van der Waals surface area contributed by atoms with Crippen LogP contribution in [0.5, 0.6) is 0 Å². The standard InChI is InChI=1S/C5H8NS.BrH/c1-2-7-4-3-6-5-7;/h3-5H,2H2,1H3;1H/q+1;/p-1. The minimum atomic E-state index is 0. The molecule has 0 saturated heterocycles. The molecular weight excluding hydrogens is 186 g/mol. The van der Waals surface area contributed by atoms with Crippen molar-refractivity contribution in [1.82, 2.24) is 0 Å². The number of aliphatic imine (C=N–C) groups is 1.